The molecule has 0 saturated heterocycles. The second kappa shape index (κ2) is 2.26. The molecule has 60 valence electrons. The Bertz CT molecular complexity index is 302. The van der Waals surface area contributed by atoms with Crippen molar-refractivity contribution in [3.05, 3.63) is 11.4 Å². The van der Waals surface area contributed by atoms with Gasteiger partial charge in [-0.2, -0.15) is 9.78 Å². The fourth-order valence-corrected chi connectivity index (χ4v) is 0.869. The number of primary amides is 1. The van der Waals surface area contributed by atoms with E-state index in [9.17, 15) is 4.79 Å². The van der Waals surface area contributed by atoms with Crippen LogP contribution in [0.25, 0.3) is 0 Å². The molecule has 0 atom stereocenters. The third kappa shape index (κ3) is 1.04. The largest absolute Gasteiger partial charge is 0.396 e. The Hall–Kier alpha value is -1.52. The molecule has 1 heterocycles. The summed E-state index contributed by atoms with van der Waals surface area (Å²) < 4.78 is 1.09. The Kier molecular flexibility index (Phi) is 1.56. The third-order valence-electron chi connectivity index (χ3n) is 1.56. The van der Waals surface area contributed by atoms with Crippen LogP contribution in [0.3, 0.4) is 0 Å². The zero-order valence-electron chi connectivity index (χ0n) is 6.46. The van der Waals surface area contributed by atoms with Crippen molar-refractivity contribution < 1.29 is 4.79 Å². The van der Waals surface area contributed by atoms with Gasteiger partial charge in [-0.05, 0) is 13.8 Å². The number of anilines is 1. The average Bonchev–Trinajstić information content (AvgIpc) is 2.17. The van der Waals surface area contributed by atoms with Gasteiger partial charge in [0, 0.05) is 0 Å². The SMILES string of the molecule is Cc1nn(C(N)=O)c(C)c1N. The molecule has 0 saturated carbocycles. The lowest BCUT2D eigenvalue weighted by atomic mass is 10.3. The first kappa shape index (κ1) is 7.59. The minimum absolute atomic E-state index is 0.517. The number of nitrogen functional groups attached to an aromatic ring is 1. The van der Waals surface area contributed by atoms with E-state index in [-0.39, 0.29) is 0 Å². The highest BCUT2D eigenvalue weighted by Crippen LogP contribution is 2.13. The van der Waals surface area contributed by atoms with Crippen molar-refractivity contribution in [2.45, 2.75) is 13.8 Å². The van der Waals surface area contributed by atoms with Gasteiger partial charge in [0.25, 0.3) is 0 Å². The molecule has 5 heteroatoms. The maximum absolute atomic E-state index is 10.7. The number of hydrogen-bond donors (Lipinski definition) is 2. The number of carbonyl (C=O) groups is 1. The quantitative estimate of drug-likeness (QED) is 0.551. The van der Waals surface area contributed by atoms with Crippen LogP contribution < -0.4 is 11.5 Å². The number of amides is 1. The molecule has 0 unspecified atom stereocenters. The number of nitrogens with zero attached hydrogens (tertiary/aromatic N) is 2. The second-order valence-corrected chi connectivity index (χ2v) is 2.33. The van der Waals surface area contributed by atoms with E-state index in [0.717, 1.165) is 4.68 Å². The lowest BCUT2D eigenvalue weighted by Crippen LogP contribution is -2.22. The van der Waals surface area contributed by atoms with Crippen LogP contribution in [-0.2, 0) is 0 Å². The Labute approximate surface area is 64.0 Å². The highest BCUT2D eigenvalue weighted by atomic mass is 16.2. The van der Waals surface area contributed by atoms with Crippen LogP contribution in [0.4, 0.5) is 10.5 Å². The fraction of sp³-hybridized carbons (Fsp3) is 0.333. The maximum Gasteiger partial charge on any atom is 0.339 e. The van der Waals surface area contributed by atoms with Gasteiger partial charge in [0.1, 0.15) is 0 Å². The van der Waals surface area contributed by atoms with Gasteiger partial charge in [0.2, 0.25) is 0 Å². The summed E-state index contributed by atoms with van der Waals surface area (Å²) in [7, 11) is 0. The highest BCUT2D eigenvalue weighted by molar-refractivity contribution is 5.76. The lowest BCUT2D eigenvalue weighted by molar-refractivity contribution is 0.247. The number of aryl methyl sites for hydroxylation is 1. The first-order valence-corrected chi connectivity index (χ1v) is 3.15. The molecular weight excluding hydrogens is 144 g/mol. The average molecular weight is 154 g/mol. The molecule has 1 amide bonds. The molecular formula is C6H10N4O. The fourth-order valence-electron chi connectivity index (χ4n) is 0.869. The van der Waals surface area contributed by atoms with Crippen molar-refractivity contribution in [1.82, 2.24) is 9.78 Å². The molecule has 1 aromatic rings. The van der Waals surface area contributed by atoms with Crippen LogP contribution in [-0.4, -0.2) is 15.8 Å². The Morgan fingerprint density at radius 3 is 2.27 bits per heavy atom. The predicted molar refractivity (Wildman–Crippen MR) is 41.1 cm³/mol. The summed E-state index contributed by atoms with van der Waals surface area (Å²) in [6.07, 6.45) is 0. The molecule has 0 aliphatic heterocycles. The summed E-state index contributed by atoms with van der Waals surface area (Å²) in [6, 6.07) is -0.609. The van der Waals surface area contributed by atoms with E-state index in [0.29, 0.717) is 17.1 Å². The van der Waals surface area contributed by atoms with Gasteiger partial charge in [-0.25, -0.2) is 4.79 Å². The molecule has 5 nitrogen and oxygen atoms in total. The zero-order valence-corrected chi connectivity index (χ0v) is 6.46. The Morgan fingerprint density at radius 1 is 1.55 bits per heavy atom. The Morgan fingerprint density at radius 2 is 2.09 bits per heavy atom. The van der Waals surface area contributed by atoms with Crippen molar-refractivity contribution in [3.8, 4) is 0 Å². The summed E-state index contributed by atoms with van der Waals surface area (Å²) in [4.78, 5) is 10.7. The van der Waals surface area contributed by atoms with E-state index in [2.05, 4.69) is 5.10 Å². The minimum Gasteiger partial charge on any atom is -0.396 e. The van der Waals surface area contributed by atoms with E-state index in [4.69, 9.17) is 11.5 Å². The van der Waals surface area contributed by atoms with E-state index in [1.807, 2.05) is 0 Å². The Balaban J connectivity index is 3.29. The van der Waals surface area contributed by atoms with E-state index in [1.165, 1.54) is 0 Å². The van der Waals surface area contributed by atoms with Crippen molar-refractivity contribution in [1.29, 1.82) is 0 Å². The van der Waals surface area contributed by atoms with Crippen LogP contribution in [0, 0.1) is 13.8 Å². The van der Waals surface area contributed by atoms with Crippen LogP contribution in [0.15, 0.2) is 0 Å². The highest BCUT2D eigenvalue weighted by Gasteiger charge is 2.10. The van der Waals surface area contributed by atoms with Crippen LogP contribution in [0.5, 0.6) is 0 Å². The molecule has 0 bridgehead atoms. The summed E-state index contributed by atoms with van der Waals surface area (Å²) in [5.41, 5.74) is 12.3. The lowest BCUT2D eigenvalue weighted by Gasteiger charge is -1.95. The third-order valence-corrected chi connectivity index (χ3v) is 1.56. The van der Waals surface area contributed by atoms with Gasteiger partial charge in [0.15, 0.2) is 0 Å². The summed E-state index contributed by atoms with van der Waals surface area (Å²) in [5.74, 6) is 0. The summed E-state index contributed by atoms with van der Waals surface area (Å²) in [5, 5.41) is 3.83. The first-order chi connectivity index (χ1) is 5.04. The van der Waals surface area contributed by atoms with Gasteiger partial charge in [-0.15, -0.1) is 0 Å². The van der Waals surface area contributed by atoms with Gasteiger partial charge >= 0.3 is 6.03 Å². The minimum atomic E-state index is -0.609. The number of carbonyl (C=O) groups excluding carboxylic acids is 1. The van der Waals surface area contributed by atoms with E-state index < -0.39 is 6.03 Å². The van der Waals surface area contributed by atoms with E-state index in [1.54, 1.807) is 13.8 Å². The number of aromatic nitrogens is 2. The number of nitrogens with two attached hydrogens (primary N) is 2. The molecule has 1 aromatic heterocycles. The maximum atomic E-state index is 10.7. The molecule has 0 aromatic carbocycles. The van der Waals surface area contributed by atoms with Crippen molar-refractivity contribution >= 4 is 11.7 Å². The second-order valence-electron chi connectivity index (χ2n) is 2.33. The molecule has 0 spiro atoms. The first-order valence-electron chi connectivity index (χ1n) is 3.15. The number of rotatable bonds is 0. The molecule has 0 aliphatic rings. The van der Waals surface area contributed by atoms with Crippen molar-refractivity contribution in [3.63, 3.8) is 0 Å². The zero-order chi connectivity index (χ0) is 8.59. The van der Waals surface area contributed by atoms with E-state index >= 15 is 0 Å². The smallest absolute Gasteiger partial charge is 0.339 e. The monoisotopic (exact) mass is 154 g/mol. The van der Waals surface area contributed by atoms with Gasteiger partial charge in [-0.3, -0.25) is 0 Å². The molecule has 0 fully saturated rings. The van der Waals surface area contributed by atoms with Crippen LogP contribution >= 0.6 is 0 Å². The van der Waals surface area contributed by atoms with Crippen LogP contribution in [0.2, 0.25) is 0 Å². The predicted octanol–water partition coefficient (Wildman–Crippen LogP) is 0.00894. The van der Waals surface area contributed by atoms with Crippen molar-refractivity contribution in [2.24, 2.45) is 5.73 Å². The summed E-state index contributed by atoms with van der Waals surface area (Å²) >= 11 is 0. The van der Waals surface area contributed by atoms with Gasteiger partial charge in [0.05, 0.1) is 17.1 Å². The molecule has 0 aliphatic carbocycles. The topological polar surface area (TPSA) is 86.9 Å². The standard InChI is InChI=1S/C6H10N4O/c1-3-5(7)4(2)10(9-3)6(8)11/h7H2,1-2H3,(H2,8,11). The number of hydrogen-bond acceptors (Lipinski definition) is 3. The summed E-state index contributed by atoms with van der Waals surface area (Å²) in [6.45, 7) is 3.42. The van der Waals surface area contributed by atoms with Gasteiger partial charge < -0.3 is 11.5 Å². The molecule has 0 radical (unpaired) electrons. The molecule has 4 N–H and O–H groups in total. The normalized spacial score (nSPS) is 10.0. The molecule has 1 rings (SSSR count). The van der Waals surface area contributed by atoms with Gasteiger partial charge in [-0.1, -0.05) is 0 Å². The van der Waals surface area contributed by atoms with Crippen molar-refractivity contribution in [2.75, 3.05) is 5.73 Å². The molecule has 11 heavy (non-hydrogen) atoms. The van der Waals surface area contributed by atoms with Crippen LogP contribution in [0.1, 0.15) is 11.4 Å².